The second kappa shape index (κ2) is 76.9. The predicted octanol–water partition coefficient (Wildman–Crippen LogP) is -0.294. The molecule has 0 saturated heterocycles. The van der Waals surface area contributed by atoms with Gasteiger partial charge in [-0.15, -0.1) is 0 Å². The molecule has 76 valence electrons. The first kappa shape index (κ1) is 22.5. The van der Waals surface area contributed by atoms with Crippen molar-refractivity contribution in [1.82, 2.24) is 0 Å². The van der Waals surface area contributed by atoms with Crippen molar-refractivity contribution in [2.75, 3.05) is 14.1 Å². The molecule has 0 bridgehead atoms. The van der Waals surface area contributed by atoms with Gasteiger partial charge in [0.1, 0.15) is 0 Å². The quantitative estimate of drug-likeness (QED) is 0.409. The lowest BCUT2D eigenvalue weighted by molar-refractivity contribution is 0.562. The van der Waals surface area contributed by atoms with Crippen molar-refractivity contribution in [1.29, 1.82) is 10.8 Å². The molecule has 0 rings (SSSR count). The van der Waals surface area contributed by atoms with E-state index in [2.05, 4.69) is 9.98 Å². The first-order valence-electron chi connectivity index (χ1n) is 2.66. The van der Waals surface area contributed by atoms with E-state index < -0.39 is 0 Å². The predicted molar refractivity (Wildman–Crippen MR) is 44.9 cm³/mol. The zero-order valence-electron chi connectivity index (χ0n) is 7.53. The van der Waals surface area contributed by atoms with E-state index in [0.717, 1.165) is 12.2 Å². The van der Waals surface area contributed by atoms with Crippen LogP contribution in [0.4, 0.5) is 0 Å². The lowest BCUT2D eigenvalue weighted by atomic mass is 11.4. The number of nitrogens with zero attached hydrogens (tertiary/aromatic N) is 2. The van der Waals surface area contributed by atoms with Gasteiger partial charge in [0.15, 0.2) is 0 Å². The smallest absolute Gasteiger partial charge is 0.222 e. The molecule has 0 aliphatic heterocycles. The second-order valence-corrected chi connectivity index (χ2v) is 0.834. The Morgan fingerprint density at radius 3 is 0.857 bits per heavy atom. The maximum atomic E-state index is 8.88. The Hall–Kier alpha value is -2.48. The molecule has 0 saturated carbocycles. The van der Waals surface area contributed by atoms with Gasteiger partial charge in [-0.25, -0.2) is 40.0 Å². The summed E-state index contributed by atoms with van der Waals surface area (Å²) in [6, 6.07) is 0. The Morgan fingerprint density at radius 1 is 0.786 bits per heavy atom. The van der Waals surface area contributed by atoms with Crippen molar-refractivity contribution in [3.8, 4) is 0 Å². The van der Waals surface area contributed by atoms with Crippen LogP contribution in [0.3, 0.4) is 0 Å². The number of hydrogen-bond donors (Lipinski definition) is 2. The van der Waals surface area contributed by atoms with E-state index in [1.54, 1.807) is 0 Å². The summed E-state index contributed by atoms with van der Waals surface area (Å²) < 4.78 is 0. The van der Waals surface area contributed by atoms with E-state index in [1.807, 2.05) is 0 Å². The van der Waals surface area contributed by atoms with E-state index in [0.29, 0.717) is 0 Å². The van der Waals surface area contributed by atoms with Gasteiger partial charge in [0.25, 0.3) is 0 Å². The maximum absolute atomic E-state index is 8.88. The molecular formula is C6H8N4O4. The highest BCUT2D eigenvalue weighted by atomic mass is 16.1. The molecule has 0 aliphatic carbocycles. The van der Waals surface area contributed by atoms with Crippen LogP contribution >= 0.6 is 0 Å². The van der Waals surface area contributed by atoms with Crippen molar-refractivity contribution < 1.29 is 19.2 Å². The summed E-state index contributed by atoms with van der Waals surface area (Å²) >= 11 is 0. The highest BCUT2D eigenvalue weighted by Crippen LogP contribution is 1.28. The third kappa shape index (κ3) is 3000. The second-order valence-electron chi connectivity index (χ2n) is 0.834. The van der Waals surface area contributed by atoms with Crippen molar-refractivity contribution in [3.63, 3.8) is 0 Å². The summed E-state index contributed by atoms with van der Waals surface area (Å²) in [5, 5.41) is 10.8. The molecule has 0 heterocycles. The number of isocyanates is 4. The summed E-state index contributed by atoms with van der Waals surface area (Å²) in [6.07, 6.45) is 4.11. The van der Waals surface area contributed by atoms with Gasteiger partial charge in [-0.05, 0) is 0 Å². The molecule has 0 aromatic heterocycles. The topological polar surface area (TPSA) is 141 Å². The van der Waals surface area contributed by atoms with Crippen LogP contribution in [0.1, 0.15) is 0 Å². The Morgan fingerprint density at radius 2 is 0.857 bits per heavy atom. The first-order chi connectivity index (χ1) is 6.66. The van der Waals surface area contributed by atoms with Gasteiger partial charge in [0.05, 0.1) is 0 Å². The highest BCUT2D eigenvalue weighted by molar-refractivity contribution is 5.32. The van der Waals surface area contributed by atoms with Crippen LogP contribution in [0.25, 0.3) is 0 Å². The number of rotatable bonds is 0. The molecule has 8 heteroatoms. The standard InChI is InChI=1S/2C2H3NO.2CHNO/c2*1-3-2-4;2*2-1-3/h2*1H3;2*2H. The molecule has 0 unspecified atom stereocenters. The van der Waals surface area contributed by atoms with Crippen LogP contribution in [-0.4, -0.2) is 38.4 Å². The molecule has 0 radical (unpaired) electrons. The fraction of sp³-hybridized carbons (Fsp3) is 0.333. The molecule has 0 aromatic rings. The molecule has 0 spiro atoms. The highest BCUT2D eigenvalue weighted by Gasteiger charge is 1.29. The third-order valence-corrected chi connectivity index (χ3v) is 0.183. The van der Waals surface area contributed by atoms with Crippen LogP contribution in [0, 0.1) is 10.8 Å². The monoisotopic (exact) mass is 200 g/mol. The van der Waals surface area contributed by atoms with E-state index in [4.69, 9.17) is 30.0 Å². The van der Waals surface area contributed by atoms with Gasteiger partial charge >= 0.3 is 0 Å². The van der Waals surface area contributed by atoms with Gasteiger partial charge in [0, 0.05) is 14.1 Å². The fourth-order valence-electron chi connectivity index (χ4n) is 0. The van der Waals surface area contributed by atoms with Gasteiger partial charge in [-0.1, -0.05) is 0 Å². The lowest BCUT2D eigenvalue weighted by Gasteiger charge is -1.36. The Balaban J connectivity index is -0.0000000482. The average molecular weight is 200 g/mol. The summed E-state index contributed by atoms with van der Waals surface area (Å²) in [4.78, 5) is 40.3. The van der Waals surface area contributed by atoms with Crippen LogP contribution < -0.4 is 0 Å². The van der Waals surface area contributed by atoms with Gasteiger partial charge in [-0.2, -0.15) is 0 Å². The van der Waals surface area contributed by atoms with Crippen LogP contribution in [0.15, 0.2) is 9.98 Å². The van der Waals surface area contributed by atoms with Crippen LogP contribution in [0.2, 0.25) is 0 Å². The van der Waals surface area contributed by atoms with E-state index in [1.165, 1.54) is 26.3 Å². The molecule has 8 nitrogen and oxygen atoms in total. The molecule has 0 aliphatic rings. The maximum Gasteiger partial charge on any atom is 0.234 e. The van der Waals surface area contributed by atoms with Crippen molar-refractivity contribution in [2.24, 2.45) is 9.98 Å². The largest absolute Gasteiger partial charge is 0.234 e. The molecule has 0 atom stereocenters. The summed E-state index contributed by atoms with van der Waals surface area (Å²) in [5.74, 6) is 0. The Bertz CT molecular complexity index is 223. The zero-order valence-corrected chi connectivity index (χ0v) is 7.53. The van der Waals surface area contributed by atoms with Crippen molar-refractivity contribution in [3.05, 3.63) is 0 Å². The van der Waals surface area contributed by atoms with Gasteiger partial charge < -0.3 is 0 Å². The van der Waals surface area contributed by atoms with Crippen LogP contribution in [-0.2, 0) is 19.2 Å². The van der Waals surface area contributed by atoms with Gasteiger partial charge in [-0.3, -0.25) is 0 Å². The third-order valence-electron chi connectivity index (χ3n) is 0.183. The van der Waals surface area contributed by atoms with E-state index in [-0.39, 0.29) is 0 Å². The number of carbonyl (C=O) groups excluding carboxylic acids is 4. The van der Waals surface area contributed by atoms with E-state index in [9.17, 15) is 0 Å². The molecule has 14 heavy (non-hydrogen) atoms. The summed E-state index contributed by atoms with van der Waals surface area (Å²) in [5.41, 5.74) is 0. The minimum atomic E-state index is 0.750. The molecular weight excluding hydrogens is 192 g/mol. The van der Waals surface area contributed by atoms with E-state index >= 15 is 0 Å². The lowest BCUT2D eigenvalue weighted by Crippen LogP contribution is -1.38. The number of nitrogens with one attached hydrogen (secondary N) is 2. The Kier molecular flexibility index (Phi) is 124. The summed E-state index contributed by atoms with van der Waals surface area (Å²) in [6.45, 7) is 0. The first-order valence-corrected chi connectivity index (χ1v) is 2.66. The molecule has 0 amide bonds. The zero-order chi connectivity index (χ0) is 12.2. The molecule has 2 N–H and O–H groups in total. The fourth-order valence-corrected chi connectivity index (χ4v) is 0. The average Bonchev–Trinajstić information content (AvgIpc) is 2.20. The number of aliphatic imine (C=N–C) groups is 2. The van der Waals surface area contributed by atoms with Crippen LogP contribution in [0.5, 0.6) is 0 Å². The molecule has 0 aromatic carbocycles. The molecule has 0 fully saturated rings. The number of hydrogen-bond acceptors (Lipinski definition) is 8. The normalized spacial score (nSPS) is 3.57. The van der Waals surface area contributed by atoms with Crippen molar-refractivity contribution >= 4 is 24.3 Å². The minimum absolute atomic E-state index is 0.750. The van der Waals surface area contributed by atoms with Gasteiger partial charge in [0.2, 0.25) is 24.3 Å². The SMILES string of the molecule is CN=C=O.CN=C=O.N=C=O.N=C=O. The Labute approximate surface area is 79.4 Å². The van der Waals surface area contributed by atoms with Crippen molar-refractivity contribution in [2.45, 2.75) is 0 Å². The minimum Gasteiger partial charge on any atom is -0.222 e. The summed E-state index contributed by atoms with van der Waals surface area (Å²) in [7, 11) is 2.76.